The molecule has 0 saturated heterocycles. The van der Waals surface area contributed by atoms with Crippen LogP contribution in [-0.4, -0.2) is 10.9 Å². The van der Waals surface area contributed by atoms with Crippen LogP contribution in [0.5, 0.6) is 0 Å². The Morgan fingerprint density at radius 3 is 2.89 bits per heavy atom. The van der Waals surface area contributed by atoms with Crippen LogP contribution in [-0.2, 0) is 4.79 Å². The molecule has 1 aromatic heterocycles. The number of benzene rings is 1. The topological polar surface area (TPSA) is 54.0 Å². The largest absolute Gasteiger partial charge is 0.367 e. The van der Waals surface area contributed by atoms with Gasteiger partial charge in [0, 0.05) is 17.4 Å². The number of nitrogens with one attached hydrogen (secondary N) is 2. The van der Waals surface area contributed by atoms with Crippen LogP contribution in [0, 0.1) is 0 Å². The number of halogens is 1. The van der Waals surface area contributed by atoms with Crippen LogP contribution in [0.2, 0.25) is 5.15 Å². The molecule has 0 aliphatic carbocycles. The van der Waals surface area contributed by atoms with Gasteiger partial charge in [-0.15, -0.1) is 0 Å². The van der Waals surface area contributed by atoms with E-state index in [9.17, 15) is 4.79 Å². The third-order valence-electron chi connectivity index (χ3n) is 2.85. The number of hydrogen-bond acceptors (Lipinski definition) is 3. The Morgan fingerprint density at radius 1 is 1.22 bits per heavy atom. The van der Waals surface area contributed by atoms with Crippen molar-refractivity contribution >= 4 is 28.9 Å². The normalized spacial score (nSPS) is 17.2. The molecule has 1 unspecified atom stereocenters. The van der Waals surface area contributed by atoms with Crippen LogP contribution >= 0.6 is 11.6 Å². The van der Waals surface area contributed by atoms with Gasteiger partial charge in [0.25, 0.3) is 5.91 Å². The summed E-state index contributed by atoms with van der Waals surface area (Å²) >= 11 is 5.97. The number of nitrogens with zero attached hydrogens (tertiary/aromatic N) is 1. The fourth-order valence-electron chi connectivity index (χ4n) is 2.00. The molecule has 18 heavy (non-hydrogen) atoms. The molecule has 1 aliphatic heterocycles. The average molecular weight is 260 g/mol. The highest BCUT2D eigenvalue weighted by molar-refractivity contribution is 6.32. The van der Waals surface area contributed by atoms with E-state index in [4.69, 9.17) is 11.6 Å². The van der Waals surface area contributed by atoms with Gasteiger partial charge in [-0.1, -0.05) is 29.8 Å². The second kappa shape index (κ2) is 4.31. The standard InChI is InChI=1S/C13H10ClN3O/c14-12-10(6-3-7-15-12)16-11-8-4-1-2-5-9(8)17-13(11)18/h1-7,11,16H,(H,17,18). The number of carbonyl (C=O) groups excluding carboxylic acids is 1. The van der Waals surface area contributed by atoms with Gasteiger partial charge in [0.2, 0.25) is 0 Å². The molecule has 5 heteroatoms. The lowest BCUT2D eigenvalue weighted by Crippen LogP contribution is -2.19. The lowest BCUT2D eigenvalue weighted by atomic mass is 10.1. The van der Waals surface area contributed by atoms with Crippen LogP contribution in [0.1, 0.15) is 11.6 Å². The van der Waals surface area contributed by atoms with Crippen LogP contribution < -0.4 is 10.6 Å². The van der Waals surface area contributed by atoms with Gasteiger partial charge in [-0.25, -0.2) is 4.98 Å². The molecule has 2 N–H and O–H groups in total. The van der Waals surface area contributed by atoms with Gasteiger partial charge >= 0.3 is 0 Å². The predicted octanol–water partition coefficient (Wildman–Crippen LogP) is 2.84. The fraction of sp³-hybridized carbons (Fsp3) is 0.0769. The average Bonchev–Trinajstić information content (AvgIpc) is 2.69. The number of amides is 1. The Balaban J connectivity index is 1.94. The number of aromatic nitrogens is 1. The highest BCUT2D eigenvalue weighted by atomic mass is 35.5. The summed E-state index contributed by atoms with van der Waals surface area (Å²) < 4.78 is 0. The smallest absolute Gasteiger partial charge is 0.251 e. The van der Waals surface area contributed by atoms with E-state index >= 15 is 0 Å². The molecular formula is C13H10ClN3O. The van der Waals surface area contributed by atoms with Gasteiger partial charge < -0.3 is 10.6 Å². The predicted molar refractivity (Wildman–Crippen MR) is 70.7 cm³/mol. The van der Waals surface area contributed by atoms with E-state index < -0.39 is 6.04 Å². The molecule has 0 bridgehead atoms. The third-order valence-corrected chi connectivity index (χ3v) is 3.15. The molecule has 1 atom stereocenters. The van der Waals surface area contributed by atoms with Crippen LogP contribution in [0.4, 0.5) is 11.4 Å². The lowest BCUT2D eigenvalue weighted by Gasteiger charge is -2.13. The second-order valence-electron chi connectivity index (χ2n) is 4.00. The molecule has 3 rings (SSSR count). The number of carbonyl (C=O) groups is 1. The number of rotatable bonds is 2. The summed E-state index contributed by atoms with van der Waals surface area (Å²) in [5.74, 6) is -0.0869. The van der Waals surface area contributed by atoms with Gasteiger partial charge in [0.15, 0.2) is 5.15 Å². The van der Waals surface area contributed by atoms with E-state index in [2.05, 4.69) is 15.6 Å². The van der Waals surface area contributed by atoms with E-state index in [0.717, 1.165) is 11.3 Å². The number of anilines is 2. The summed E-state index contributed by atoms with van der Waals surface area (Å²) in [6.45, 7) is 0. The minimum Gasteiger partial charge on any atom is -0.367 e. The van der Waals surface area contributed by atoms with E-state index in [1.165, 1.54) is 0 Å². The first-order valence-corrected chi connectivity index (χ1v) is 5.90. The first-order valence-electron chi connectivity index (χ1n) is 5.52. The van der Waals surface area contributed by atoms with Gasteiger partial charge in [-0.05, 0) is 18.2 Å². The first kappa shape index (κ1) is 11.0. The highest BCUT2D eigenvalue weighted by Gasteiger charge is 2.30. The van der Waals surface area contributed by atoms with Crippen molar-refractivity contribution in [1.82, 2.24) is 4.98 Å². The molecule has 4 nitrogen and oxygen atoms in total. The van der Waals surface area contributed by atoms with Crippen molar-refractivity contribution < 1.29 is 4.79 Å². The van der Waals surface area contributed by atoms with E-state index in [0.29, 0.717) is 10.8 Å². The molecule has 0 fully saturated rings. The third kappa shape index (κ3) is 1.80. The highest BCUT2D eigenvalue weighted by Crippen LogP contribution is 2.33. The Bertz CT molecular complexity index is 615. The Hall–Kier alpha value is -2.07. The molecular weight excluding hydrogens is 250 g/mol. The summed E-state index contributed by atoms with van der Waals surface area (Å²) in [5.41, 5.74) is 2.40. The van der Waals surface area contributed by atoms with E-state index in [-0.39, 0.29) is 5.91 Å². The van der Waals surface area contributed by atoms with E-state index in [1.807, 2.05) is 24.3 Å². The van der Waals surface area contributed by atoms with Crippen LogP contribution in [0.3, 0.4) is 0 Å². The van der Waals surface area contributed by atoms with Gasteiger partial charge in [0.05, 0.1) is 5.69 Å². The summed E-state index contributed by atoms with van der Waals surface area (Å²) in [6.07, 6.45) is 1.61. The number of fused-ring (bicyclic) bond motifs is 1. The molecule has 90 valence electrons. The Labute approximate surface area is 109 Å². The molecule has 0 radical (unpaired) electrons. The summed E-state index contributed by atoms with van der Waals surface area (Å²) in [6, 6.07) is 10.7. The monoisotopic (exact) mass is 259 g/mol. The SMILES string of the molecule is O=C1Nc2ccccc2C1Nc1cccnc1Cl. The van der Waals surface area contributed by atoms with Crippen LogP contribution in [0.25, 0.3) is 0 Å². The maximum Gasteiger partial charge on any atom is 0.251 e. The molecule has 2 aromatic rings. The van der Waals surface area contributed by atoms with E-state index in [1.54, 1.807) is 18.3 Å². The van der Waals surface area contributed by atoms with Crippen molar-refractivity contribution in [2.45, 2.75) is 6.04 Å². The zero-order valence-electron chi connectivity index (χ0n) is 9.35. The summed E-state index contributed by atoms with van der Waals surface area (Å²) in [4.78, 5) is 15.9. The molecule has 1 aliphatic rings. The number of hydrogen-bond donors (Lipinski definition) is 2. The lowest BCUT2D eigenvalue weighted by molar-refractivity contribution is -0.116. The zero-order chi connectivity index (χ0) is 12.5. The number of pyridine rings is 1. The molecule has 1 amide bonds. The molecule has 0 saturated carbocycles. The van der Waals surface area contributed by atoms with Crippen molar-refractivity contribution in [1.29, 1.82) is 0 Å². The Kier molecular flexibility index (Phi) is 2.64. The van der Waals surface area contributed by atoms with Crippen molar-refractivity contribution in [2.24, 2.45) is 0 Å². The second-order valence-corrected chi connectivity index (χ2v) is 4.35. The maximum absolute atomic E-state index is 11.9. The van der Waals surface area contributed by atoms with Crippen LogP contribution in [0.15, 0.2) is 42.6 Å². The van der Waals surface area contributed by atoms with Gasteiger partial charge in [-0.2, -0.15) is 0 Å². The van der Waals surface area contributed by atoms with Crippen molar-refractivity contribution in [3.05, 3.63) is 53.3 Å². The van der Waals surface area contributed by atoms with Crippen molar-refractivity contribution in [3.63, 3.8) is 0 Å². The molecule has 2 heterocycles. The maximum atomic E-state index is 11.9. The van der Waals surface area contributed by atoms with Crippen molar-refractivity contribution in [3.8, 4) is 0 Å². The fourth-order valence-corrected chi connectivity index (χ4v) is 2.18. The minimum atomic E-state index is -0.428. The minimum absolute atomic E-state index is 0.0869. The summed E-state index contributed by atoms with van der Waals surface area (Å²) in [7, 11) is 0. The van der Waals surface area contributed by atoms with Crippen molar-refractivity contribution in [2.75, 3.05) is 10.6 Å². The number of para-hydroxylation sites is 1. The van der Waals surface area contributed by atoms with Gasteiger partial charge in [-0.3, -0.25) is 4.79 Å². The quantitative estimate of drug-likeness (QED) is 0.816. The zero-order valence-corrected chi connectivity index (χ0v) is 10.1. The Morgan fingerprint density at radius 2 is 2.06 bits per heavy atom. The summed E-state index contributed by atoms with van der Waals surface area (Å²) in [5, 5.41) is 6.29. The molecule has 1 aromatic carbocycles. The first-order chi connectivity index (χ1) is 8.75. The molecule has 0 spiro atoms. The van der Waals surface area contributed by atoms with Gasteiger partial charge in [0.1, 0.15) is 6.04 Å².